The number of aliphatic hydroxyl groups excluding tert-OH is 2. The maximum atomic E-state index is 11.5. The highest BCUT2D eigenvalue weighted by atomic mass is 32.2. The van der Waals surface area contributed by atoms with Gasteiger partial charge in [-0.3, -0.25) is 4.90 Å². The van der Waals surface area contributed by atoms with Gasteiger partial charge in [0, 0.05) is 13.1 Å². The zero-order valence-electron chi connectivity index (χ0n) is 10.1. The van der Waals surface area contributed by atoms with Crippen molar-refractivity contribution >= 4 is 9.84 Å². The monoisotopic (exact) mass is 263 g/mol. The number of sulfone groups is 1. The summed E-state index contributed by atoms with van der Waals surface area (Å²) in [5.74, 6) is 0.132. The molecule has 0 aromatic carbocycles. The first-order valence-electron chi connectivity index (χ1n) is 6.23. The van der Waals surface area contributed by atoms with Crippen LogP contribution in [0, 0.1) is 5.92 Å². The third-order valence-electron chi connectivity index (χ3n) is 4.01. The third kappa shape index (κ3) is 2.81. The first kappa shape index (κ1) is 13.3. The predicted octanol–water partition coefficient (Wildman–Crippen LogP) is -0.763. The highest BCUT2D eigenvalue weighted by molar-refractivity contribution is 7.91. The molecule has 0 aliphatic carbocycles. The quantitative estimate of drug-likeness (QED) is 0.684. The number of likely N-dealkylation sites (tertiary alicyclic amines) is 1. The average molecular weight is 263 g/mol. The molecule has 17 heavy (non-hydrogen) atoms. The Morgan fingerprint density at radius 2 is 1.94 bits per heavy atom. The summed E-state index contributed by atoms with van der Waals surface area (Å²) in [4.78, 5) is 2.04. The maximum absolute atomic E-state index is 11.5. The van der Waals surface area contributed by atoms with Crippen LogP contribution >= 0.6 is 0 Å². The zero-order valence-corrected chi connectivity index (χ0v) is 10.9. The number of nitrogens with zero attached hydrogens (tertiary/aromatic N) is 1. The second kappa shape index (κ2) is 4.84. The Balaban J connectivity index is 2.04. The van der Waals surface area contributed by atoms with Gasteiger partial charge in [-0.05, 0) is 18.8 Å². The molecule has 6 heteroatoms. The van der Waals surface area contributed by atoms with E-state index in [1.165, 1.54) is 0 Å². The molecule has 5 nitrogen and oxygen atoms in total. The van der Waals surface area contributed by atoms with Crippen molar-refractivity contribution in [2.75, 3.05) is 24.6 Å². The van der Waals surface area contributed by atoms with Gasteiger partial charge in [-0.15, -0.1) is 0 Å². The van der Waals surface area contributed by atoms with Gasteiger partial charge in [0.05, 0.1) is 29.8 Å². The Labute approximate surface area is 102 Å². The Bertz CT molecular complexity index is 370. The number of hydrogen-bond donors (Lipinski definition) is 2. The van der Waals surface area contributed by atoms with Crippen molar-refractivity contribution < 1.29 is 18.6 Å². The van der Waals surface area contributed by atoms with Crippen LogP contribution in [0.25, 0.3) is 0 Å². The van der Waals surface area contributed by atoms with Gasteiger partial charge in [-0.25, -0.2) is 8.42 Å². The van der Waals surface area contributed by atoms with Gasteiger partial charge in [0.2, 0.25) is 0 Å². The van der Waals surface area contributed by atoms with Gasteiger partial charge in [0.15, 0.2) is 9.84 Å². The minimum atomic E-state index is -3.09. The van der Waals surface area contributed by atoms with E-state index in [1.807, 2.05) is 11.8 Å². The van der Waals surface area contributed by atoms with Crippen LogP contribution in [0.4, 0.5) is 0 Å². The summed E-state index contributed by atoms with van der Waals surface area (Å²) in [6, 6.07) is -0.276. The van der Waals surface area contributed by atoms with Crippen LogP contribution in [0.5, 0.6) is 0 Å². The summed E-state index contributed by atoms with van der Waals surface area (Å²) >= 11 is 0. The van der Waals surface area contributed by atoms with Crippen LogP contribution in [-0.4, -0.2) is 66.4 Å². The fourth-order valence-electron chi connectivity index (χ4n) is 2.91. The Kier molecular flexibility index (Phi) is 3.77. The molecule has 2 rings (SSSR count). The molecule has 2 N–H and O–H groups in total. The molecule has 4 atom stereocenters. The first-order valence-corrected chi connectivity index (χ1v) is 8.05. The minimum Gasteiger partial charge on any atom is -0.393 e. The summed E-state index contributed by atoms with van der Waals surface area (Å²) in [6.45, 7) is 3.39. The SMILES string of the molecule is CCC1CN(C2CS(=O)(=O)CC2O)CCC1O. The number of piperidine rings is 1. The number of aliphatic hydroxyl groups is 2. The molecule has 100 valence electrons. The Hall–Kier alpha value is -0.170. The molecule has 0 aromatic heterocycles. The van der Waals surface area contributed by atoms with E-state index < -0.39 is 15.9 Å². The van der Waals surface area contributed by atoms with Gasteiger partial charge >= 0.3 is 0 Å². The molecular formula is C11H21NO4S. The number of rotatable bonds is 2. The van der Waals surface area contributed by atoms with Crippen LogP contribution in [0.2, 0.25) is 0 Å². The molecule has 0 radical (unpaired) electrons. The lowest BCUT2D eigenvalue weighted by molar-refractivity contribution is -0.0107. The van der Waals surface area contributed by atoms with Gasteiger partial charge in [-0.1, -0.05) is 6.92 Å². The van der Waals surface area contributed by atoms with E-state index in [-0.39, 0.29) is 29.6 Å². The summed E-state index contributed by atoms with van der Waals surface area (Å²) in [6.07, 6.45) is 0.494. The van der Waals surface area contributed by atoms with Gasteiger partial charge < -0.3 is 10.2 Å². The van der Waals surface area contributed by atoms with Crippen molar-refractivity contribution in [1.82, 2.24) is 4.90 Å². The Morgan fingerprint density at radius 3 is 2.47 bits per heavy atom. The predicted molar refractivity (Wildman–Crippen MR) is 64.4 cm³/mol. The fraction of sp³-hybridized carbons (Fsp3) is 1.00. The Morgan fingerprint density at radius 1 is 1.24 bits per heavy atom. The second-order valence-corrected chi connectivity index (χ2v) is 7.38. The molecule has 0 amide bonds. The highest BCUT2D eigenvalue weighted by Gasteiger charge is 2.42. The fourth-order valence-corrected chi connectivity index (χ4v) is 4.74. The van der Waals surface area contributed by atoms with E-state index in [0.717, 1.165) is 6.42 Å². The lowest BCUT2D eigenvalue weighted by Crippen LogP contribution is -2.51. The summed E-state index contributed by atoms with van der Waals surface area (Å²) < 4.78 is 22.9. The van der Waals surface area contributed by atoms with Crippen molar-refractivity contribution in [2.45, 2.75) is 38.0 Å². The maximum Gasteiger partial charge on any atom is 0.154 e. The summed E-state index contributed by atoms with van der Waals surface area (Å²) in [5.41, 5.74) is 0. The van der Waals surface area contributed by atoms with Crippen LogP contribution < -0.4 is 0 Å². The van der Waals surface area contributed by atoms with Gasteiger partial charge in [-0.2, -0.15) is 0 Å². The normalized spacial score (nSPS) is 42.8. The molecular weight excluding hydrogens is 242 g/mol. The van der Waals surface area contributed by atoms with Gasteiger partial charge in [0.25, 0.3) is 0 Å². The molecule has 0 spiro atoms. The van der Waals surface area contributed by atoms with Crippen LogP contribution in [0.1, 0.15) is 19.8 Å². The molecule has 4 unspecified atom stereocenters. The molecule has 0 saturated carbocycles. The zero-order chi connectivity index (χ0) is 12.6. The molecule has 2 aliphatic heterocycles. The second-order valence-electron chi connectivity index (χ2n) is 5.23. The minimum absolute atomic E-state index is 0.0562. The third-order valence-corrected chi connectivity index (χ3v) is 5.71. The highest BCUT2D eigenvalue weighted by Crippen LogP contribution is 2.26. The molecule has 2 aliphatic rings. The van der Waals surface area contributed by atoms with E-state index in [9.17, 15) is 18.6 Å². The lowest BCUT2D eigenvalue weighted by atomic mass is 9.91. The first-order chi connectivity index (χ1) is 7.93. The lowest BCUT2D eigenvalue weighted by Gasteiger charge is -2.39. The molecule has 2 heterocycles. The summed E-state index contributed by atoms with van der Waals surface area (Å²) in [5, 5.41) is 19.6. The van der Waals surface area contributed by atoms with E-state index in [4.69, 9.17) is 0 Å². The van der Waals surface area contributed by atoms with Crippen LogP contribution in [0.3, 0.4) is 0 Å². The van der Waals surface area contributed by atoms with Crippen molar-refractivity contribution in [3.05, 3.63) is 0 Å². The molecule has 0 bridgehead atoms. The van der Waals surface area contributed by atoms with Crippen LogP contribution in [-0.2, 0) is 9.84 Å². The van der Waals surface area contributed by atoms with Crippen molar-refractivity contribution in [3.63, 3.8) is 0 Å². The number of hydrogen-bond acceptors (Lipinski definition) is 5. The van der Waals surface area contributed by atoms with E-state index in [0.29, 0.717) is 19.5 Å². The standard InChI is InChI=1S/C11H21NO4S/c1-2-8-5-12(4-3-10(8)13)9-6-17(15,16)7-11(9)14/h8-11,13-14H,2-7H2,1H3. The topological polar surface area (TPSA) is 77.8 Å². The largest absolute Gasteiger partial charge is 0.393 e. The molecule has 0 aromatic rings. The van der Waals surface area contributed by atoms with E-state index >= 15 is 0 Å². The van der Waals surface area contributed by atoms with Gasteiger partial charge in [0.1, 0.15) is 0 Å². The molecule has 2 fully saturated rings. The van der Waals surface area contributed by atoms with E-state index in [2.05, 4.69) is 0 Å². The van der Waals surface area contributed by atoms with Crippen molar-refractivity contribution in [2.24, 2.45) is 5.92 Å². The van der Waals surface area contributed by atoms with E-state index in [1.54, 1.807) is 0 Å². The van der Waals surface area contributed by atoms with Crippen molar-refractivity contribution in [3.8, 4) is 0 Å². The van der Waals surface area contributed by atoms with Crippen LogP contribution in [0.15, 0.2) is 0 Å². The smallest absolute Gasteiger partial charge is 0.154 e. The molecule has 2 saturated heterocycles. The van der Waals surface area contributed by atoms with Crippen molar-refractivity contribution in [1.29, 1.82) is 0 Å². The summed E-state index contributed by atoms with van der Waals surface area (Å²) in [7, 11) is -3.09. The average Bonchev–Trinajstić information content (AvgIpc) is 2.53.